The highest BCUT2D eigenvalue weighted by atomic mass is 16.5. The van der Waals surface area contributed by atoms with E-state index >= 15 is 0 Å². The standard InChI is InChI=1S/C17H19N3O3/c21-17(15-10-18-7-8-19-15)20-14-6-9-22-12-16(14)23-11-13-4-2-1-3-5-13/h1-5,7-8,10,14,16H,6,9,11-12H2,(H,20,21). The number of hydrogen-bond acceptors (Lipinski definition) is 5. The van der Waals surface area contributed by atoms with Crippen LogP contribution in [0.15, 0.2) is 48.9 Å². The molecule has 1 aliphatic rings. The van der Waals surface area contributed by atoms with E-state index < -0.39 is 0 Å². The summed E-state index contributed by atoms with van der Waals surface area (Å²) < 4.78 is 11.4. The van der Waals surface area contributed by atoms with Gasteiger partial charge < -0.3 is 14.8 Å². The number of rotatable bonds is 5. The number of amides is 1. The Labute approximate surface area is 134 Å². The van der Waals surface area contributed by atoms with Crippen LogP contribution in [0.25, 0.3) is 0 Å². The summed E-state index contributed by atoms with van der Waals surface area (Å²) in [7, 11) is 0. The minimum Gasteiger partial charge on any atom is -0.379 e. The molecule has 1 aliphatic heterocycles. The zero-order chi connectivity index (χ0) is 15.9. The number of ether oxygens (including phenoxy) is 2. The smallest absolute Gasteiger partial charge is 0.271 e. The van der Waals surface area contributed by atoms with Crippen LogP contribution in [0.2, 0.25) is 0 Å². The van der Waals surface area contributed by atoms with Crippen molar-refractivity contribution in [2.75, 3.05) is 13.2 Å². The zero-order valence-electron chi connectivity index (χ0n) is 12.7. The first kappa shape index (κ1) is 15.6. The molecule has 1 aromatic heterocycles. The lowest BCUT2D eigenvalue weighted by Gasteiger charge is -2.32. The maximum atomic E-state index is 12.2. The molecule has 6 nitrogen and oxygen atoms in total. The second kappa shape index (κ2) is 7.80. The van der Waals surface area contributed by atoms with Crippen LogP contribution in [0, 0.1) is 0 Å². The van der Waals surface area contributed by atoms with E-state index in [4.69, 9.17) is 9.47 Å². The van der Waals surface area contributed by atoms with Gasteiger partial charge >= 0.3 is 0 Å². The van der Waals surface area contributed by atoms with Crippen molar-refractivity contribution in [1.29, 1.82) is 0 Å². The molecule has 2 aromatic rings. The van der Waals surface area contributed by atoms with Gasteiger partial charge in [0.2, 0.25) is 0 Å². The summed E-state index contributed by atoms with van der Waals surface area (Å²) in [6.07, 6.45) is 5.03. The molecule has 1 amide bonds. The number of benzene rings is 1. The monoisotopic (exact) mass is 313 g/mol. The van der Waals surface area contributed by atoms with E-state index in [0.717, 1.165) is 5.56 Å². The summed E-state index contributed by atoms with van der Waals surface area (Å²) in [6, 6.07) is 9.85. The van der Waals surface area contributed by atoms with Crippen molar-refractivity contribution >= 4 is 5.91 Å². The molecule has 120 valence electrons. The van der Waals surface area contributed by atoms with Gasteiger partial charge in [-0.25, -0.2) is 4.98 Å². The molecule has 0 radical (unpaired) electrons. The second-order valence-corrected chi connectivity index (χ2v) is 5.37. The highest BCUT2D eigenvalue weighted by Crippen LogP contribution is 2.14. The van der Waals surface area contributed by atoms with Crippen LogP contribution in [-0.4, -0.2) is 41.2 Å². The summed E-state index contributed by atoms with van der Waals surface area (Å²) in [5, 5.41) is 2.98. The van der Waals surface area contributed by atoms with Crippen molar-refractivity contribution in [1.82, 2.24) is 15.3 Å². The molecule has 0 spiro atoms. The van der Waals surface area contributed by atoms with Gasteiger partial charge in [-0.2, -0.15) is 0 Å². The van der Waals surface area contributed by atoms with E-state index in [2.05, 4.69) is 15.3 Å². The SMILES string of the molecule is O=C(NC1CCOCC1OCc1ccccc1)c1cnccn1. The first-order valence-electron chi connectivity index (χ1n) is 7.63. The van der Waals surface area contributed by atoms with Crippen molar-refractivity contribution in [2.24, 2.45) is 0 Å². The minimum atomic E-state index is -0.238. The molecular formula is C17H19N3O3. The fourth-order valence-electron chi connectivity index (χ4n) is 2.48. The van der Waals surface area contributed by atoms with E-state index in [0.29, 0.717) is 31.9 Å². The lowest BCUT2D eigenvalue weighted by molar-refractivity contribution is -0.0736. The number of hydrogen-bond donors (Lipinski definition) is 1. The van der Waals surface area contributed by atoms with Crippen molar-refractivity contribution in [2.45, 2.75) is 25.2 Å². The first-order chi connectivity index (χ1) is 11.3. The maximum absolute atomic E-state index is 12.2. The Bertz CT molecular complexity index is 621. The van der Waals surface area contributed by atoms with Gasteiger partial charge in [0.15, 0.2) is 0 Å². The van der Waals surface area contributed by atoms with Crippen LogP contribution in [0.4, 0.5) is 0 Å². The molecule has 2 heterocycles. The fraction of sp³-hybridized carbons (Fsp3) is 0.353. The molecular weight excluding hydrogens is 294 g/mol. The number of carbonyl (C=O) groups is 1. The van der Waals surface area contributed by atoms with Crippen molar-refractivity contribution in [3.05, 3.63) is 60.2 Å². The Balaban J connectivity index is 1.59. The molecule has 2 atom stereocenters. The highest BCUT2D eigenvalue weighted by molar-refractivity contribution is 5.92. The van der Waals surface area contributed by atoms with Gasteiger partial charge in [0.25, 0.3) is 5.91 Å². The summed E-state index contributed by atoms with van der Waals surface area (Å²) in [5.41, 5.74) is 1.40. The molecule has 3 rings (SSSR count). The Kier molecular flexibility index (Phi) is 5.29. The largest absolute Gasteiger partial charge is 0.379 e. The van der Waals surface area contributed by atoms with Crippen molar-refractivity contribution in [3.8, 4) is 0 Å². The highest BCUT2D eigenvalue weighted by Gasteiger charge is 2.28. The quantitative estimate of drug-likeness (QED) is 0.907. The lowest BCUT2D eigenvalue weighted by Crippen LogP contribution is -2.50. The third-order valence-electron chi connectivity index (χ3n) is 3.72. The summed E-state index contributed by atoms with van der Waals surface area (Å²) in [4.78, 5) is 20.2. The van der Waals surface area contributed by atoms with Crippen LogP contribution in [-0.2, 0) is 16.1 Å². The van der Waals surface area contributed by atoms with E-state index in [9.17, 15) is 4.79 Å². The van der Waals surface area contributed by atoms with Gasteiger partial charge in [-0.1, -0.05) is 30.3 Å². The van der Waals surface area contributed by atoms with Gasteiger partial charge in [-0.05, 0) is 12.0 Å². The molecule has 0 saturated carbocycles. The van der Waals surface area contributed by atoms with Crippen LogP contribution in [0.3, 0.4) is 0 Å². The van der Waals surface area contributed by atoms with Crippen LogP contribution >= 0.6 is 0 Å². The topological polar surface area (TPSA) is 73.3 Å². The number of aromatic nitrogens is 2. The number of carbonyl (C=O) groups excluding carboxylic acids is 1. The normalized spacial score (nSPS) is 20.9. The van der Waals surface area contributed by atoms with E-state index in [1.165, 1.54) is 18.6 Å². The van der Waals surface area contributed by atoms with Gasteiger partial charge in [0.05, 0.1) is 25.5 Å². The van der Waals surface area contributed by atoms with E-state index in [1.54, 1.807) is 0 Å². The fourth-order valence-corrected chi connectivity index (χ4v) is 2.48. The van der Waals surface area contributed by atoms with Crippen LogP contribution in [0.5, 0.6) is 0 Å². The van der Waals surface area contributed by atoms with Crippen LogP contribution in [0.1, 0.15) is 22.5 Å². The zero-order valence-corrected chi connectivity index (χ0v) is 12.7. The minimum absolute atomic E-state index is 0.0954. The summed E-state index contributed by atoms with van der Waals surface area (Å²) >= 11 is 0. The molecule has 0 aliphatic carbocycles. The average Bonchev–Trinajstić information content (AvgIpc) is 2.62. The number of nitrogens with zero attached hydrogens (tertiary/aromatic N) is 2. The predicted molar refractivity (Wildman–Crippen MR) is 83.7 cm³/mol. The Morgan fingerprint density at radius 2 is 2.17 bits per heavy atom. The van der Waals surface area contributed by atoms with Gasteiger partial charge in [0, 0.05) is 19.0 Å². The second-order valence-electron chi connectivity index (χ2n) is 5.37. The molecule has 23 heavy (non-hydrogen) atoms. The summed E-state index contributed by atoms with van der Waals surface area (Å²) in [6.45, 7) is 1.57. The molecule has 1 N–H and O–H groups in total. The summed E-state index contributed by atoms with van der Waals surface area (Å²) in [5.74, 6) is -0.238. The predicted octanol–water partition coefficient (Wildman–Crippen LogP) is 1.58. The molecule has 0 bridgehead atoms. The third kappa shape index (κ3) is 4.34. The third-order valence-corrected chi connectivity index (χ3v) is 3.72. The van der Waals surface area contributed by atoms with Crippen molar-refractivity contribution < 1.29 is 14.3 Å². The molecule has 6 heteroatoms. The van der Waals surface area contributed by atoms with E-state index in [-0.39, 0.29) is 18.1 Å². The number of nitrogens with one attached hydrogen (secondary N) is 1. The van der Waals surface area contributed by atoms with Gasteiger partial charge in [0.1, 0.15) is 11.8 Å². The molecule has 1 fully saturated rings. The van der Waals surface area contributed by atoms with E-state index in [1.807, 2.05) is 30.3 Å². The molecule has 2 unspecified atom stereocenters. The van der Waals surface area contributed by atoms with Crippen LogP contribution < -0.4 is 5.32 Å². The molecule has 1 aromatic carbocycles. The Morgan fingerprint density at radius 1 is 1.30 bits per heavy atom. The molecule has 1 saturated heterocycles. The van der Waals surface area contributed by atoms with Gasteiger partial charge in [-0.3, -0.25) is 9.78 Å². The van der Waals surface area contributed by atoms with Gasteiger partial charge in [-0.15, -0.1) is 0 Å². The maximum Gasteiger partial charge on any atom is 0.271 e. The Hall–Kier alpha value is -2.31. The first-order valence-corrected chi connectivity index (χ1v) is 7.63. The van der Waals surface area contributed by atoms with Crippen molar-refractivity contribution in [3.63, 3.8) is 0 Å². The average molecular weight is 313 g/mol. The Morgan fingerprint density at radius 3 is 2.96 bits per heavy atom. The lowest BCUT2D eigenvalue weighted by atomic mass is 10.1.